The maximum absolute atomic E-state index is 2.49. The zero-order chi connectivity index (χ0) is 22.3. The van der Waals surface area contributed by atoms with E-state index >= 15 is 0 Å². The number of aryl methyl sites for hydroxylation is 2. The van der Waals surface area contributed by atoms with E-state index in [1.807, 2.05) is 0 Å². The molecule has 3 nitrogen and oxygen atoms in total. The Hall–Kier alpha value is -4.11. The first kappa shape index (κ1) is 18.5. The quantitative estimate of drug-likeness (QED) is 0.166. The van der Waals surface area contributed by atoms with Crippen molar-refractivity contribution in [3.05, 3.63) is 96.7 Å². The molecule has 0 N–H and O–H groups in total. The number of hydrogen-bond acceptors (Lipinski definition) is 1. The van der Waals surface area contributed by atoms with Gasteiger partial charge >= 0.3 is 0 Å². The Morgan fingerprint density at radius 1 is 0.727 bits per heavy atom. The zero-order valence-corrected chi connectivity index (χ0v) is 19.0. The standard InChI is InChI=1S/C30H24N3/c1-19-12-14-24-23-15-13-22(32(3)21-9-5-4-6-10-21)18-26(23)33-25-11-7-8-20-16-17-31(2)30(28(20)25)27(19)29(24)33/h4-18H,1-3H3/q+1. The molecular weight excluding hydrogens is 402 g/mol. The molecule has 3 aromatic heterocycles. The normalized spacial score (nSPS) is 12.1. The summed E-state index contributed by atoms with van der Waals surface area (Å²) in [5.41, 5.74) is 8.81. The summed E-state index contributed by atoms with van der Waals surface area (Å²) < 4.78 is 4.77. The minimum atomic E-state index is 1.18. The summed E-state index contributed by atoms with van der Waals surface area (Å²) in [6.07, 6.45) is 2.19. The molecule has 0 radical (unpaired) electrons. The molecule has 0 aliphatic carbocycles. The van der Waals surface area contributed by atoms with Crippen molar-refractivity contribution >= 4 is 60.4 Å². The summed E-state index contributed by atoms with van der Waals surface area (Å²) in [6, 6.07) is 30.9. The fraction of sp³-hybridized carbons (Fsp3) is 0.100. The predicted molar refractivity (Wildman–Crippen MR) is 139 cm³/mol. The van der Waals surface area contributed by atoms with Crippen molar-refractivity contribution in [3.8, 4) is 0 Å². The molecule has 3 heterocycles. The third-order valence-electron chi connectivity index (χ3n) is 7.27. The predicted octanol–water partition coefficient (Wildman–Crippen LogP) is 6.89. The first-order valence-corrected chi connectivity index (χ1v) is 11.4. The van der Waals surface area contributed by atoms with Gasteiger partial charge in [-0.3, -0.25) is 0 Å². The molecule has 0 aliphatic heterocycles. The van der Waals surface area contributed by atoms with Gasteiger partial charge in [0.25, 0.3) is 0 Å². The Morgan fingerprint density at radius 3 is 2.39 bits per heavy atom. The van der Waals surface area contributed by atoms with Crippen LogP contribution in [0.2, 0.25) is 0 Å². The van der Waals surface area contributed by atoms with Gasteiger partial charge in [0.1, 0.15) is 7.05 Å². The smallest absolute Gasteiger partial charge is 0.224 e. The van der Waals surface area contributed by atoms with Crippen LogP contribution in [0.15, 0.2) is 91.1 Å². The highest BCUT2D eigenvalue weighted by atomic mass is 15.1. The molecule has 7 aromatic rings. The lowest BCUT2D eigenvalue weighted by Crippen LogP contribution is -2.28. The molecule has 0 fully saturated rings. The van der Waals surface area contributed by atoms with Gasteiger partial charge in [-0.1, -0.05) is 48.5 Å². The Morgan fingerprint density at radius 2 is 1.55 bits per heavy atom. The number of rotatable bonds is 2. The second kappa shape index (κ2) is 6.46. The first-order valence-electron chi connectivity index (χ1n) is 11.4. The lowest BCUT2D eigenvalue weighted by Gasteiger charge is -2.19. The van der Waals surface area contributed by atoms with Crippen molar-refractivity contribution < 1.29 is 4.57 Å². The molecule has 0 aliphatic rings. The lowest BCUT2D eigenvalue weighted by atomic mass is 10.00. The average Bonchev–Trinajstić information content (AvgIpc) is 3.18. The number of fused-ring (bicyclic) bond motifs is 5. The fourth-order valence-electron chi connectivity index (χ4n) is 5.64. The van der Waals surface area contributed by atoms with E-state index in [2.05, 4.69) is 126 Å². The highest BCUT2D eigenvalue weighted by Crippen LogP contribution is 2.41. The molecule has 0 saturated heterocycles. The molecule has 0 unspecified atom stereocenters. The summed E-state index contributed by atoms with van der Waals surface area (Å²) >= 11 is 0. The van der Waals surface area contributed by atoms with Gasteiger partial charge in [-0.15, -0.1) is 0 Å². The summed E-state index contributed by atoms with van der Waals surface area (Å²) in [6.45, 7) is 2.23. The second-order valence-electron chi connectivity index (χ2n) is 9.10. The van der Waals surface area contributed by atoms with E-state index in [-0.39, 0.29) is 0 Å². The van der Waals surface area contributed by atoms with Gasteiger partial charge in [0.15, 0.2) is 6.20 Å². The topological polar surface area (TPSA) is 11.5 Å². The van der Waals surface area contributed by atoms with Crippen LogP contribution in [0.4, 0.5) is 11.4 Å². The molecule has 3 heteroatoms. The monoisotopic (exact) mass is 426 g/mol. The van der Waals surface area contributed by atoms with Gasteiger partial charge in [0, 0.05) is 35.3 Å². The maximum Gasteiger partial charge on any atom is 0.224 e. The number of anilines is 2. The molecule has 158 valence electrons. The van der Waals surface area contributed by atoms with E-state index < -0.39 is 0 Å². The summed E-state index contributed by atoms with van der Waals surface area (Å²) in [5.74, 6) is 0. The zero-order valence-electron chi connectivity index (χ0n) is 19.0. The molecule has 4 aromatic carbocycles. The van der Waals surface area contributed by atoms with Crippen LogP contribution in [0.1, 0.15) is 5.56 Å². The molecule has 33 heavy (non-hydrogen) atoms. The van der Waals surface area contributed by atoms with E-state index in [1.165, 1.54) is 65.9 Å². The van der Waals surface area contributed by atoms with Gasteiger partial charge in [-0.2, -0.15) is 0 Å². The highest BCUT2D eigenvalue weighted by Gasteiger charge is 2.23. The van der Waals surface area contributed by atoms with Gasteiger partial charge in [0.05, 0.1) is 27.3 Å². The number of nitrogens with zero attached hydrogens (tertiary/aromatic N) is 3. The van der Waals surface area contributed by atoms with Crippen LogP contribution in [-0.4, -0.2) is 11.4 Å². The first-order chi connectivity index (χ1) is 16.1. The average molecular weight is 427 g/mol. The van der Waals surface area contributed by atoms with Crippen LogP contribution in [0.3, 0.4) is 0 Å². The van der Waals surface area contributed by atoms with Gasteiger partial charge in [0.2, 0.25) is 5.52 Å². The lowest BCUT2D eigenvalue weighted by molar-refractivity contribution is -0.643. The van der Waals surface area contributed by atoms with Gasteiger partial charge in [-0.05, 0) is 48.2 Å². The summed E-state index contributed by atoms with van der Waals surface area (Å²) in [4.78, 5) is 2.26. The van der Waals surface area contributed by atoms with Crippen LogP contribution in [0, 0.1) is 6.92 Å². The number of aromatic nitrogens is 2. The van der Waals surface area contributed by atoms with E-state index in [9.17, 15) is 0 Å². The third kappa shape index (κ3) is 2.37. The van der Waals surface area contributed by atoms with Crippen molar-refractivity contribution in [2.24, 2.45) is 7.05 Å². The molecular formula is C30H24N3+. The van der Waals surface area contributed by atoms with Crippen LogP contribution < -0.4 is 9.47 Å². The van der Waals surface area contributed by atoms with Crippen LogP contribution in [0.25, 0.3) is 49.0 Å². The van der Waals surface area contributed by atoms with Crippen molar-refractivity contribution in [1.29, 1.82) is 0 Å². The number of benzene rings is 4. The fourth-order valence-corrected chi connectivity index (χ4v) is 5.64. The number of hydrogen-bond donors (Lipinski definition) is 0. The third-order valence-corrected chi connectivity index (χ3v) is 7.27. The van der Waals surface area contributed by atoms with E-state index in [4.69, 9.17) is 0 Å². The molecule has 7 rings (SSSR count). The van der Waals surface area contributed by atoms with Gasteiger partial charge < -0.3 is 9.30 Å². The van der Waals surface area contributed by atoms with Crippen molar-refractivity contribution in [1.82, 2.24) is 4.40 Å². The molecule has 0 saturated carbocycles. The Kier molecular flexibility index (Phi) is 3.61. The van der Waals surface area contributed by atoms with Crippen molar-refractivity contribution in [3.63, 3.8) is 0 Å². The Labute approximate surface area is 192 Å². The van der Waals surface area contributed by atoms with Crippen molar-refractivity contribution in [2.75, 3.05) is 11.9 Å². The van der Waals surface area contributed by atoms with Crippen LogP contribution >= 0.6 is 0 Å². The summed E-state index contributed by atoms with van der Waals surface area (Å²) in [7, 11) is 4.30. The molecule has 0 bridgehead atoms. The number of para-hydroxylation sites is 1. The largest absolute Gasteiger partial charge is 0.345 e. The summed E-state index contributed by atoms with van der Waals surface area (Å²) in [5, 5.41) is 6.55. The second-order valence-corrected chi connectivity index (χ2v) is 9.10. The van der Waals surface area contributed by atoms with E-state index in [1.54, 1.807) is 0 Å². The van der Waals surface area contributed by atoms with Crippen molar-refractivity contribution in [2.45, 2.75) is 6.92 Å². The van der Waals surface area contributed by atoms with E-state index in [0.717, 1.165) is 0 Å². The van der Waals surface area contributed by atoms with Crippen LogP contribution in [-0.2, 0) is 7.05 Å². The minimum Gasteiger partial charge on any atom is -0.345 e. The van der Waals surface area contributed by atoms with Gasteiger partial charge in [-0.25, -0.2) is 4.57 Å². The highest BCUT2D eigenvalue weighted by molar-refractivity contribution is 6.25. The molecule has 0 spiro atoms. The van der Waals surface area contributed by atoms with Crippen LogP contribution in [0.5, 0.6) is 0 Å². The molecule has 0 amide bonds. The maximum atomic E-state index is 2.49. The van der Waals surface area contributed by atoms with E-state index in [0.29, 0.717) is 0 Å². The number of pyridine rings is 2. The minimum absolute atomic E-state index is 1.18. The SMILES string of the molecule is Cc1ccc2c3ccc(N(C)c4ccccc4)cc3n3c4cccc5cc[n+](C)c(c1c23)c54. The molecule has 0 atom stereocenters. The Bertz CT molecular complexity index is 1840. The Balaban J connectivity index is 1.70.